The summed E-state index contributed by atoms with van der Waals surface area (Å²) in [6.07, 6.45) is 4.20. The summed E-state index contributed by atoms with van der Waals surface area (Å²) >= 11 is 0. The van der Waals surface area contributed by atoms with Crippen molar-refractivity contribution < 1.29 is 19.5 Å². The maximum atomic E-state index is 12.2. The predicted molar refractivity (Wildman–Crippen MR) is 78.1 cm³/mol. The Bertz CT molecular complexity index is 561. The first kappa shape index (κ1) is 15.9. The van der Waals surface area contributed by atoms with Gasteiger partial charge in [0.25, 0.3) is 5.91 Å². The molecule has 0 aliphatic carbocycles. The number of hydrogen-bond acceptors (Lipinski definition) is 4. The van der Waals surface area contributed by atoms with Crippen LogP contribution in [0.2, 0.25) is 0 Å². The van der Waals surface area contributed by atoms with E-state index in [1.54, 1.807) is 18.3 Å². The Morgan fingerprint density at radius 2 is 2.18 bits per heavy atom. The van der Waals surface area contributed by atoms with E-state index in [9.17, 15) is 14.4 Å². The standard InChI is InChI=1S/C15H19N3O4/c1-10-4-5-12(15(21)22)9-18(10)13(19)8-17-14(20)11-3-2-6-16-7-11/h2-3,6-7,10,12H,4-5,8-9H2,1H3,(H,17,20)(H,21,22). The zero-order chi connectivity index (χ0) is 16.1. The molecule has 0 bridgehead atoms. The van der Waals surface area contributed by atoms with Crippen LogP contribution in [-0.4, -0.2) is 51.9 Å². The molecular formula is C15H19N3O4. The molecule has 0 radical (unpaired) electrons. The van der Waals surface area contributed by atoms with Crippen molar-refractivity contribution >= 4 is 17.8 Å². The predicted octanol–water partition coefficient (Wildman–Crippen LogP) is 0.523. The van der Waals surface area contributed by atoms with Gasteiger partial charge in [-0.1, -0.05) is 0 Å². The number of likely N-dealkylation sites (tertiary alicyclic amines) is 1. The van der Waals surface area contributed by atoms with E-state index < -0.39 is 11.9 Å². The lowest BCUT2D eigenvalue weighted by atomic mass is 9.93. The number of pyridine rings is 1. The molecule has 118 valence electrons. The van der Waals surface area contributed by atoms with Crippen molar-refractivity contribution in [2.75, 3.05) is 13.1 Å². The lowest BCUT2D eigenvalue weighted by Crippen LogP contribution is -2.50. The number of amides is 2. The Kier molecular flexibility index (Phi) is 5.08. The Hall–Kier alpha value is -2.44. The number of carbonyl (C=O) groups excluding carboxylic acids is 2. The van der Waals surface area contributed by atoms with Crippen molar-refractivity contribution in [2.24, 2.45) is 5.92 Å². The molecule has 2 N–H and O–H groups in total. The number of hydrogen-bond donors (Lipinski definition) is 2. The molecule has 1 aliphatic heterocycles. The van der Waals surface area contributed by atoms with Gasteiger partial charge in [0.2, 0.25) is 5.91 Å². The normalized spacial score (nSPS) is 21.2. The molecule has 1 saturated heterocycles. The smallest absolute Gasteiger partial charge is 0.308 e. The summed E-state index contributed by atoms with van der Waals surface area (Å²) in [4.78, 5) is 40.5. The minimum absolute atomic E-state index is 0.0154. The minimum Gasteiger partial charge on any atom is -0.481 e. The average molecular weight is 305 g/mol. The summed E-state index contributed by atoms with van der Waals surface area (Å²) in [5.74, 6) is -2.06. The SMILES string of the molecule is CC1CCC(C(=O)O)CN1C(=O)CNC(=O)c1cccnc1. The Morgan fingerprint density at radius 3 is 2.82 bits per heavy atom. The Morgan fingerprint density at radius 1 is 1.41 bits per heavy atom. The molecule has 1 aliphatic rings. The van der Waals surface area contributed by atoms with E-state index in [0.29, 0.717) is 18.4 Å². The van der Waals surface area contributed by atoms with E-state index >= 15 is 0 Å². The van der Waals surface area contributed by atoms with Gasteiger partial charge < -0.3 is 15.3 Å². The maximum Gasteiger partial charge on any atom is 0.308 e. The number of carboxylic acid groups (broad SMARTS) is 1. The molecule has 2 amide bonds. The van der Waals surface area contributed by atoms with Gasteiger partial charge in [0, 0.05) is 25.0 Å². The Balaban J connectivity index is 1.91. The third-order valence-electron chi connectivity index (χ3n) is 3.88. The fourth-order valence-corrected chi connectivity index (χ4v) is 2.51. The van der Waals surface area contributed by atoms with Crippen molar-refractivity contribution in [3.8, 4) is 0 Å². The monoisotopic (exact) mass is 305 g/mol. The van der Waals surface area contributed by atoms with E-state index in [2.05, 4.69) is 10.3 Å². The molecule has 2 heterocycles. The van der Waals surface area contributed by atoms with Gasteiger partial charge in [-0.15, -0.1) is 0 Å². The van der Waals surface area contributed by atoms with Gasteiger partial charge in [-0.2, -0.15) is 0 Å². The van der Waals surface area contributed by atoms with Gasteiger partial charge in [-0.3, -0.25) is 19.4 Å². The number of rotatable bonds is 4. The molecule has 0 aromatic carbocycles. The highest BCUT2D eigenvalue weighted by Gasteiger charge is 2.32. The van der Waals surface area contributed by atoms with Gasteiger partial charge in [-0.25, -0.2) is 0 Å². The van der Waals surface area contributed by atoms with Crippen molar-refractivity contribution in [3.05, 3.63) is 30.1 Å². The van der Waals surface area contributed by atoms with Crippen molar-refractivity contribution in [2.45, 2.75) is 25.8 Å². The molecule has 2 atom stereocenters. The van der Waals surface area contributed by atoms with Crippen molar-refractivity contribution in [1.82, 2.24) is 15.2 Å². The summed E-state index contributed by atoms with van der Waals surface area (Å²) in [7, 11) is 0. The molecule has 7 nitrogen and oxygen atoms in total. The van der Waals surface area contributed by atoms with Crippen LogP contribution in [0.25, 0.3) is 0 Å². The van der Waals surface area contributed by atoms with Crippen LogP contribution in [0, 0.1) is 5.92 Å². The third-order valence-corrected chi connectivity index (χ3v) is 3.88. The minimum atomic E-state index is -0.885. The molecule has 1 aromatic rings. The second kappa shape index (κ2) is 7.02. The van der Waals surface area contributed by atoms with E-state index in [0.717, 1.165) is 0 Å². The average Bonchev–Trinajstić information content (AvgIpc) is 2.53. The highest BCUT2D eigenvalue weighted by atomic mass is 16.4. The van der Waals surface area contributed by atoms with E-state index in [1.807, 2.05) is 6.92 Å². The van der Waals surface area contributed by atoms with E-state index in [-0.39, 0.29) is 30.9 Å². The van der Waals surface area contributed by atoms with E-state index in [1.165, 1.54) is 11.1 Å². The molecule has 0 saturated carbocycles. The number of aliphatic carboxylic acids is 1. The van der Waals surface area contributed by atoms with Gasteiger partial charge in [-0.05, 0) is 31.9 Å². The van der Waals surface area contributed by atoms with Crippen LogP contribution in [0.3, 0.4) is 0 Å². The largest absolute Gasteiger partial charge is 0.481 e. The zero-order valence-electron chi connectivity index (χ0n) is 12.4. The molecule has 0 spiro atoms. The zero-order valence-corrected chi connectivity index (χ0v) is 12.4. The molecule has 7 heteroatoms. The molecular weight excluding hydrogens is 286 g/mol. The lowest BCUT2D eigenvalue weighted by molar-refractivity contribution is -0.146. The first-order chi connectivity index (χ1) is 10.5. The van der Waals surface area contributed by atoms with Gasteiger partial charge in [0.05, 0.1) is 18.0 Å². The highest BCUT2D eigenvalue weighted by molar-refractivity contribution is 5.96. The van der Waals surface area contributed by atoms with Gasteiger partial charge in [0.15, 0.2) is 0 Å². The molecule has 22 heavy (non-hydrogen) atoms. The fraction of sp³-hybridized carbons (Fsp3) is 0.467. The quantitative estimate of drug-likeness (QED) is 0.845. The van der Waals surface area contributed by atoms with Crippen LogP contribution < -0.4 is 5.32 Å². The summed E-state index contributed by atoms with van der Waals surface area (Å²) in [6.45, 7) is 1.93. The third kappa shape index (κ3) is 3.81. The van der Waals surface area contributed by atoms with Crippen LogP contribution in [0.1, 0.15) is 30.1 Å². The number of nitrogens with zero attached hydrogens (tertiary/aromatic N) is 2. The van der Waals surface area contributed by atoms with E-state index in [4.69, 9.17) is 5.11 Å². The van der Waals surface area contributed by atoms with Crippen LogP contribution in [0.4, 0.5) is 0 Å². The lowest BCUT2D eigenvalue weighted by Gasteiger charge is -2.36. The number of aromatic nitrogens is 1. The summed E-state index contributed by atoms with van der Waals surface area (Å²) in [5, 5.41) is 11.6. The molecule has 2 unspecified atom stereocenters. The first-order valence-corrected chi connectivity index (χ1v) is 7.19. The summed E-state index contributed by atoms with van der Waals surface area (Å²) < 4.78 is 0. The maximum absolute atomic E-state index is 12.2. The second-order valence-electron chi connectivity index (χ2n) is 5.43. The number of carbonyl (C=O) groups is 3. The Labute approximate surface area is 128 Å². The topological polar surface area (TPSA) is 99.6 Å². The van der Waals surface area contributed by atoms with Crippen molar-refractivity contribution in [3.63, 3.8) is 0 Å². The molecule has 1 aromatic heterocycles. The van der Waals surface area contributed by atoms with Gasteiger partial charge >= 0.3 is 5.97 Å². The number of nitrogens with one attached hydrogen (secondary N) is 1. The first-order valence-electron chi connectivity index (χ1n) is 7.19. The molecule has 2 rings (SSSR count). The van der Waals surface area contributed by atoms with Crippen LogP contribution >= 0.6 is 0 Å². The van der Waals surface area contributed by atoms with Crippen LogP contribution in [-0.2, 0) is 9.59 Å². The van der Waals surface area contributed by atoms with Crippen LogP contribution in [0.15, 0.2) is 24.5 Å². The second-order valence-corrected chi connectivity index (χ2v) is 5.43. The van der Waals surface area contributed by atoms with Crippen LogP contribution in [0.5, 0.6) is 0 Å². The number of carboxylic acids is 1. The van der Waals surface area contributed by atoms with Gasteiger partial charge in [0.1, 0.15) is 0 Å². The van der Waals surface area contributed by atoms with Crippen molar-refractivity contribution in [1.29, 1.82) is 0 Å². The summed E-state index contributed by atoms with van der Waals surface area (Å²) in [5.41, 5.74) is 0.380. The fourth-order valence-electron chi connectivity index (χ4n) is 2.51. The summed E-state index contributed by atoms with van der Waals surface area (Å²) in [6, 6.07) is 3.23. The highest BCUT2D eigenvalue weighted by Crippen LogP contribution is 2.22. The molecule has 1 fully saturated rings. The number of piperidine rings is 1.